The molecule has 0 bridgehead atoms. The Morgan fingerprint density at radius 3 is 2.10 bits per heavy atom. The van der Waals surface area contributed by atoms with Crippen LogP contribution in [0.3, 0.4) is 0 Å². The van der Waals surface area contributed by atoms with Crippen LogP contribution < -0.4 is 0 Å². The van der Waals surface area contributed by atoms with E-state index in [-0.39, 0.29) is 0 Å². The van der Waals surface area contributed by atoms with Gasteiger partial charge in [0.1, 0.15) is 0 Å². The van der Waals surface area contributed by atoms with E-state index in [2.05, 4.69) is 6.92 Å². The standard InChI is InChI=1S/C8H18O2/c1-7(2)10-6-8(3)5-9-4/h7-8H,5-6H2,1-4H3. The van der Waals surface area contributed by atoms with E-state index in [1.54, 1.807) is 7.11 Å². The molecule has 0 aliphatic rings. The maximum absolute atomic E-state index is 5.38. The fourth-order valence-corrected chi connectivity index (χ4v) is 0.689. The lowest BCUT2D eigenvalue weighted by atomic mass is 10.2. The van der Waals surface area contributed by atoms with Gasteiger partial charge in [0.25, 0.3) is 0 Å². The summed E-state index contributed by atoms with van der Waals surface area (Å²) >= 11 is 0. The molecule has 0 spiro atoms. The quantitative estimate of drug-likeness (QED) is 0.587. The topological polar surface area (TPSA) is 18.5 Å². The molecule has 0 aliphatic carbocycles. The van der Waals surface area contributed by atoms with Crippen LogP contribution in [0.5, 0.6) is 0 Å². The Balaban J connectivity index is 3.12. The highest BCUT2D eigenvalue weighted by Gasteiger charge is 2.01. The minimum atomic E-state index is 0.333. The van der Waals surface area contributed by atoms with Crippen molar-refractivity contribution in [2.75, 3.05) is 20.3 Å². The van der Waals surface area contributed by atoms with Crippen molar-refractivity contribution in [2.45, 2.75) is 26.9 Å². The molecule has 0 aromatic carbocycles. The molecule has 0 rings (SSSR count). The van der Waals surface area contributed by atoms with Crippen molar-refractivity contribution >= 4 is 0 Å². The summed E-state index contributed by atoms with van der Waals surface area (Å²) in [6.45, 7) is 7.78. The second-order valence-electron chi connectivity index (χ2n) is 2.94. The molecule has 2 nitrogen and oxygen atoms in total. The number of methoxy groups -OCH3 is 1. The number of rotatable bonds is 5. The molecule has 0 N–H and O–H groups in total. The fraction of sp³-hybridized carbons (Fsp3) is 1.00. The van der Waals surface area contributed by atoms with Crippen LogP contribution in [0.2, 0.25) is 0 Å². The minimum absolute atomic E-state index is 0.333. The van der Waals surface area contributed by atoms with Gasteiger partial charge in [-0.25, -0.2) is 0 Å². The highest BCUT2D eigenvalue weighted by Crippen LogP contribution is 1.98. The Labute approximate surface area is 63.5 Å². The highest BCUT2D eigenvalue weighted by molar-refractivity contribution is 4.48. The zero-order chi connectivity index (χ0) is 7.98. The predicted molar refractivity (Wildman–Crippen MR) is 42.1 cm³/mol. The first-order valence-corrected chi connectivity index (χ1v) is 3.77. The molecular weight excluding hydrogens is 128 g/mol. The van der Waals surface area contributed by atoms with Gasteiger partial charge in [-0.15, -0.1) is 0 Å². The Hall–Kier alpha value is -0.0800. The third-order valence-electron chi connectivity index (χ3n) is 1.17. The van der Waals surface area contributed by atoms with Crippen molar-refractivity contribution in [1.29, 1.82) is 0 Å². The van der Waals surface area contributed by atoms with Crippen LogP contribution in [0.1, 0.15) is 20.8 Å². The number of ether oxygens (including phenoxy) is 2. The van der Waals surface area contributed by atoms with E-state index in [4.69, 9.17) is 9.47 Å². The van der Waals surface area contributed by atoms with Crippen molar-refractivity contribution in [3.8, 4) is 0 Å². The Morgan fingerprint density at radius 1 is 1.10 bits per heavy atom. The third-order valence-corrected chi connectivity index (χ3v) is 1.17. The van der Waals surface area contributed by atoms with Crippen molar-refractivity contribution < 1.29 is 9.47 Å². The molecule has 0 aromatic heterocycles. The van der Waals surface area contributed by atoms with E-state index in [0.29, 0.717) is 12.0 Å². The second kappa shape index (κ2) is 5.69. The Kier molecular flexibility index (Phi) is 5.64. The Bertz CT molecular complexity index is 71.7. The van der Waals surface area contributed by atoms with Crippen molar-refractivity contribution in [1.82, 2.24) is 0 Å². The van der Waals surface area contributed by atoms with Crippen LogP contribution in [0, 0.1) is 5.92 Å². The molecule has 0 saturated carbocycles. The van der Waals surface area contributed by atoms with Crippen LogP contribution in [0.15, 0.2) is 0 Å². The predicted octanol–water partition coefficient (Wildman–Crippen LogP) is 1.69. The van der Waals surface area contributed by atoms with Gasteiger partial charge in [0.05, 0.1) is 19.3 Å². The lowest BCUT2D eigenvalue weighted by molar-refractivity contribution is 0.0306. The first kappa shape index (κ1) is 9.92. The van der Waals surface area contributed by atoms with Gasteiger partial charge >= 0.3 is 0 Å². The summed E-state index contributed by atoms with van der Waals surface area (Å²) in [5.74, 6) is 0.507. The van der Waals surface area contributed by atoms with E-state index < -0.39 is 0 Å². The van der Waals surface area contributed by atoms with Gasteiger partial charge in [-0.1, -0.05) is 6.92 Å². The van der Waals surface area contributed by atoms with Crippen LogP contribution in [-0.2, 0) is 9.47 Å². The Morgan fingerprint density at radius 2 is 1.70 bits per heavy atom. The van der Waals surface area contributed by atoms with Gasteiger partial charge in [0.15, 0.2) is 0 Å². The maximum atomic E-state index is 5.38. The molecule has 10 heavy (non-hydrogen) atoms. The molecule has 2 heteroatoms. The molecule has 0 aromatic rings. The largest absolute Gasteiger partial charge is 0.384 e. The molecule has 0 saturated heterocycles. The van der Waals surface area contributed by atoms with Crippen molar-refractivity contribution in [2.24, 2.45) is 5.92 Å². The van der Waals surface area contributed by atoms with Gasteiger partial charge in [-0.2, -0.15) is 0 Å². The monoisotopic (exact) mass is 146 g/mol. The van der Waals surface area contributed by atoms with E-state index in [9.17, 15) is 0 Å². The SMILES string of the molecule is COCC(C)COC(C)C. The summed E-state index contributed by atoms with van der Waals surface area (Å²) in [6.07, 6.45) is 0.333. The fourth-order valence-electron chi connectivity index (χ4n) is 0.689. The molecule has 0 aliphatic heterocycles. The van der Waals surface area contributed by atoms with Crippen LogP contribution in [-0.4, -0.2) is 26.4 Å². The highest BCUT2D eigenvalue weighted by atomic mass is 16.5. The lowest BCUT2D eigenvalue weighted by Gasteiger charge is -2.12. The smallest absolute Gasteiger partial charge is 0.0519 e. The van der Waals surface area contributed by atoms with Crippen LogP contribution in [0.4, 0.5) is 0 Å². The van der Waals surface area contributed by atoms with Crippen LogP contribution in [0.25, 0.3) is 0 Å². The van der Waals surface area contributed by atoms with Gasteiger partial charge in [0, 0.05) is 13.0 Å². The van der Waals surface area contributed by atoms with Crippen molar-refractivity contribution in [3.05, 3.63) is 0 Å². The lowest BCUT2D eigenvalue weighted by Crippen LogP contribution is -2.14. The van der Waals surface area contributed by atoms with E-state index in [1.165, 1.54) is 0 Å². The molecule has 0 fully saturated rings. The first-order valence-electron chi connectivity index (χ1n) is 3.77. The molecule has 1 atom stereocenters. The second-order valence-corrected chi connectivity index (χ2v) is 2.94. The first-order chi connectivity index (χ1) is 4.66. The zero-order valence-corrected chi connectivity index (χ0v) is 7.39. The summed E-state index contributed by atoms with van der Waals surface area (Å²) in [6, 6.07) is 0. The minimum Gasteiger partial charge on any atom is -0.384 e. The van der Waals surface area contributed by atoms with Gasteiger partial charge in [-0.3, -0.25) is 0 Å². The maximum Gasteiger partial charge on any atom is 0.0519 e. The summed E-state index contributed by atoms with van der Waals surface area (Å²) in [5.41, 5.74) is 0. The van der Waals surface area contributed by atoms with E-state index in [1.807, 2.05) is 13.8 Å². The average molecular weight is 146 g/mol. The normalized spacial score (nSPS) is 14.1. The summed E-state index contributed by atoms with van der Waals surface area (Å²) in [5, 5.41) is 0. The van der Waals surface area contributed by atoms with Gasteiger partial charge in [0.2, 0.25) is 0 Å². The van der Waals surface area contributed by atoms with E-state index >= 15 is 0 Å². The molecule has 62 valence electrons. The summed E-state index contributed by atoms with van der Waals surface area (Å²) in [7, 11) is 1.71. The summed E-state index contributed by atoms with van der Waals surface area (Å²) < 4.78 is 10.3. The molecule has 0 radical (unpaired) electrons. The van der Waals surface area contributed by atoms with Crippen molar-refractivity contribution in [3.63, 3.8) is 0 Å². The third kappa shape index (κ3) is 6.05. The molecule has 0 amide bonds. The van der Waals surface area contributed by atoms with Crippen LogP contribution >= 0.6 is 0 Å². The van der Waals surface area contributed by atoms with E-state index in [0.717, 1.165) is 13.2 Å². The number of hydrogen-bond acceptors (Lipinski definition) is 2. The molecule has 0 heterocycles. The molecule has 1 unspecified atom stereocenters. The zero-order valence-electron chi connectivity index (χ0n) is 7.39. The number of hydrogen-bond donors (Lipinski definition) is 0. The van der Waals surface area contributed by atoms with Gasteiger partial charge < -0.3 is 9.47 Å². The average Bonchev–Trinajstić information content (AvgIpc) is 1.85. The summed E-state index contributed by atoms with van der Waals surface area (Å²) in [4.78, 5) is 0. The molecular formula is C8H18O2. The van der Waals surface area contributed by atoms with Gasteiger partial charge in [-0.05, 0) is 13.8 Å².